The number of sulfone groups is 1. The van der Waals surface area contributed by atoms with E-state index in [1.165, 1.54) is 19.1 Å². The van der Waals surface area contributed by atoms with Gasteiger partial charge in [-0.3, -0.25) is 9.59 Å². The lowest BCUT2D eigenvalue weighted by atomic mass is 10.1. The van der Waals surface area contributed by atoms with Crippen LogP contribution in [-0.4, -0.2) is 25.9 Å². The van der Waals surface area contributed by atoms with Crippen molar-refractivity contribution in [3.8, 4) is 0 Å². The highest BCUT2D eigenvalue weighted by Gasteiger charge is 2.17. The molecule has 0 aliphatic carbocycles. The predicted molar refractivity (Wildman–Crippen MR) is 92.9 cm³/mol. The van der Waals surface area contributed by atoms with Crippen LogP contribution in [0, 0.1) is 6.92 Å². The first-order valence-corrected chi connectivity index (χ1v) is 9.14. The second-order valence-electron chi connectivity index (χ2n) is 5.53. The molecule has 2 aromatic rings. The maximum Gasteiger partial charge on any atom is 0.225 e. The van der Waals surface area contributed by atoms with Gasteiger partial charge in [-0.1, -0.05) is 29.8 Å². The standard InChI is InChI=1S/C18H19NO4S/c1-13-7-9-15(10-8-13)24(22,23)12-11-18(21)19-17-6-4-3-5-16(17)14(2)20/h3-10H,11-12H2,1-2H3,(H,19,21). The Bertz CT molecular complexity index is 855. The normalized spacial score (nSPS) is 11.1. The van der Waals surface area contributed by atoms with Crippen molar-refractivity contribution in [1.82, 2.24) is 0 Å². The summed E-state index contributed by atoms with van der Waals surface area (Å²) in [4.78, 5) is 23.8. The van der Waals surface area contributed by atoms with Crippen LogP contribution in [0.1, 0.15) is 29.3 Å². The first kappa shape index (κ1) is 17.9. The number of ketones is 1. The molecule has 6 heteroatoms. The highest BCUT2D eigenvalue weighted by atomic mass is 32.2. The lowest BCUT2D eigenvalue weighted by Crippen LogP contribution is -2.18. The van der Waals surface area contributed by atoms with Gasteiger partial charge in [-0.15, -0.1) is 0 Å². The molecule has 0 aromatic heterocycles. The van der Waals surface area contributed by atoms with E-state index < -0.39 is 15.7 Å². The number of carbonyl (C=O) groups excluding carboxylic acids is 2. The topological polar surface area (TPSA) is 80.3 Å². The van der Waals surface area contributed by atoms with Crippen molar-refractivity contribution in [3.63, 3.8) is 0 Å². The molecule has 2 rings (SSSR count). The Balaban J connectivity index is 2.03. The van der Waals surface area contributed by atoms with Gasteiger partial charge in [0.1, 0.15) is 0 Å². The first-order valence-electron chi connectivity index (χ1n) is 7.49. The van der Waals surface area contributed by atoms with Crippen molar-refractivity contribution in [1.29, 1.82) is 0 Å². The van der Waals surface area contributed by atoms with E-state index in [0.717, 1.165) is 5.56 Å². The van der Waals surface area contributed by atoms with Crippen molar-refractivity contribution >= 4 is 27.2 Å². The van der Waals surface area contributed by atoms with Gasteiger partial charge in [-0.2, -0.15) is 0 Å². The highest BCUT2D eigenvalue weighted by Crippen LogP contribution is 2.17. The maximum absolute atomic E-state index is 12.2. The van der Waals surface area contributed by atoms with Gasteiger partial charge < -0.3 is 5.32 Å². The van der Waals surface area contributed by atoms with Crippen molar-refractivity contribution in [2.24, 2.45) is 0 Å². The number of amides is 1. The highest BCUT2D eigenvalue weighted by molar-refractivity contribution is 7.91. The molecule has 126 valence electrons. The fourth-order valence-electron chi connectivity index (χ4n) is 2.20. The third-order valence-corrected chi connectivity index (χ3v) is 5.29. The third kappa shape index (κ3) is 4.52. The first-order chi connectivity index (χ1) is 11.3. The van der Waals surface area contributed by atoms with Gasteiger partial charge in [0.25, 0.3) is 0 Å². The van der Waals surface area contributed by atoms with E-state index in [9.17, 15) is 18.0 Å². The molecule has 5 nitrogen and oxygen atoms in total. The third-order valence-electron chi connectivity index (χ3n) is 3.56. The number of hydrogen-bond acceptors (Lipinski definition) is 4. The minimum absolute atomic E-state index is 0.168. The number of rotatable bonds is 6. The van der Waals surface area contributed by atoms with E-state index in [1.54, 1.807) is 36.4 Å². The smallest absolute Gasteiger partial charge is 0.225 e. The van der Waals surface area contributed by atoms with Crippen molar-refractivity contribution in [2.75, 3.05) is 11.1 Å². The zero-order valence-electron chi connectivity index (χ0n) is 13.6. The van der Waals surface area contributed by atoms with E-state index in [4.69, 9.17) is 0 Å². The van der Waals surface area contributed by atoms with E-state index in [0.29, 0.717) is 11.3 Å². The molecule has 0 aliphatic heterocycles. The van der Waals surface area contributed by atoms with Crippen molar-refractivity contribution in [3.05, 3.63) is 59.7 Å². The summed E-state index contributed by atoms with van der Waals surface area (Å²) >= 11 is 0. The molecular weight excluding hydrogens is 326 g/mol. The molecule has 0 saturated heterocycles. The Kier molecular flexibility index (Phi) is 5.51. The average molecular weight is 345 g/mol. The van der Waals surface area contributed by atoms with Crippen molar-refractivity contribution < 1.29 is 18.0 Å². The summed E-state index contributed by atoms with van der Waals surface area (Å²) in [7, 11) is -3.52. The second kappa shape index (κ2) is 7.40. The van der Waals surface area contributed by atoms with Gasteiger partial charge >= 0.3 is 0 Å². The lowest BCUT2D eigenvalue weighted by molar-refractivity contribution is -0.115. The lowest BCUT2D eigenvalue weighted by Gasteiger charge is -2.09. The van der Waals surface area contributed by atoms with E-state index in [1.807, 2.05) is 6.92 Å². The maximum atomic E-state index is 12.2. The molecule has 0 atom stereocenters. The van der Waals surface area contributed by atoms with Crippen LogP contribution >= 0.6 is 0 Å². The molecule has 0 aliphatic rings. The van der Waals surface area contributed by atoms with Gasteiger partial charge in [0.05, 0.1) is 16.3 Å². The zero-order valence-corrected chi connectivity index (χ0v) is 14.4. The number of Topliss-reactive ketones (excluding diaryl/α,β-unsaturated/α-hetero) is 1. The fraction of sp³-hybridized carbons (Fsp3) is 0.222. The van der Waals surface area contributed by atoms with Crippen LogP contribution in [0.25, 0.3) is 0 Å². The molecule has 0 bridgehead atoms. The molecule has 2 aromatic carbocycles. The van der Waals surface area contributed by atoms with Gasteiger partial charge in [0.2, 0.25) is 5.91 Å². The van der Waals surface area contributed by atoms with Crippen LogP contribution in [0.3, 0.4) is 0 Å². The van der Waals surface area contributed by atoms with Crippen LogP contribution < -0.4 is 5.32 Å². The Morgan fingerprint density at radius 3 is 2.25 bits per heavy atom. The summed E-state index contributed by atoms with van der Waals surface area (Å²) in [5.41, 5.74) is 1.75. The van der Waals surface area contributed by atoms with Crippen molar-refractivity contribution in [2.45, 2.75) is 25.2 Å². The number of benzene rings is 2. The molecule has 1 N–H and O–H groups in total. The number of aryl methyl sites for hydroxylation is 1. The second-order valence-corrected chi connectivity index (χ2v) is 7.64. The van der Waals surface area contributed by atoms with Crippen LogP contribution in [0.15, 0.2) is 53.4 Å². The van der Waals surface area contributed by atoms with Gasteiger partial charge in [0, 0.05) is 12.0 Å². The molecule has 1 amide bonds. The monoisotopic (exact) mass is 345 g/mol. The molecule has 0 unspecified atom stereocenters. The molecular formula is C18H19NO4S. The Labute approximate surface area is 141 Å². The van der Waals surface area contributed by atoms with Gasteiger partial charge in [-0.25, -0.2) is 8.42 Å². The van der Waals surface area contributed by atoms with Crippen LogP contribution in [-0.2, 0) is 14.6 Å². The summed E-state index contributed by atoms with van der Waals surface area (Å²) in [5, 5.41) is 2.60. The minimum atomic E-state index is -3.52. The van der Waals surface area contributed by atoms with E-state index >= 15 is 0 Å². The fourth-order valence-corrected chi connectivity index (χ4v) is 3.44. The van der Waals surface area contributed by atoms with Crippen LogP contribution in [0.5, 0.6) is 0 Å². The summed E-state index contributed by atoms with van der Waals surface area (Å²) in [6, 6.07) is 13.1. The molecule has 0 heterocycles. The van der Waals surface area contributed by atoms with Crippen LogP contribution in [0.4, 0.5) is 5.69 Å². The number of hydrogen-bond donors (Lipinski definition) is 1. The molecule has 24 heavy (non-hydrogen) atoms. The SMILES string of the molecule is CC(=O)c1ccccc1NC(=O)CCS(=O)(=O)c1ccc(C)cc1. The summed E-state index contributed by atoms with van der Waals surface area (Å²) in [6.45, 7) is 3.28. The predicted octanol–water partition coefficient (Wildman–Crippen LogP) is 3.00. The molecule has 0 radical (unpaired) electrons. The number of nitrogens with one attached hydrogen (secondary N) is 1. The largest absolute Gasteiger partial charge is 0.325 e. The van der Waals surface area contributed by atoms with Crippen LogP contribution in [0.2, 0.25) is 0 Å². The van der Waals surface area contributed by atoms with E-state index in [-0.39, 0.29) is 22.9 Å². The summed E-state index contributed by atoms with van der Waals surface area (Å²) in [5.74, 6) is -0.901. The summed E-state index contributed by atoms with van der Waals surface area (Å²) in [6.07, 6.45) is -0.178. The number of para-hydroxylation sites is 1. The molecule has 0 fully saturated rings. The van der Waals surface area contributed by atoms with E-state index in [2.05, 4.69) is 5.32 Å². The minimum Gasteiger partial charge on any atom is -0.325 e. The zero-order chi connectivity index (χ0) is 17.7. The Morgan fingerprint density at radius 2 is 1.62 bits per heavy atom. The quantitative estimate of drug-likeness (QED) is 0.816. The summed E-state index contributed by atoms with van der Waals surface area (Å²) < 4.78 is 24.5. The Hall–Kier alpha value is -2.47. The number of anilines is 1. The molecule has 0 saturated carbocycles. The van der Waals surface area contributed by atoms with Gasteiger partial charge in [0.15, 0.2) is 15.6 Å². The van der Waals surface area contributed by atoms with Gasteiger partial charge in [-0.05, 0) is 38.1 Å². The molecule has 0 spiro atoms. The number of carbonyl (C=O) groups is 2. The Morgan fingerprint density at radius 1 is 1.00 bits per heavy atom. The average Bonchev–Trinajstić information content (AvgIpc) is 2.54.